The van der Waals surface area contributed by atoms with Crippen molar-refractivity contribution in [3.8, 4) is 0 Å². The van der Waals surface area contributed by atoms with Gasteiger partial charge in [0, 0.05) is 0 Å². The molecule has 0 aromatic heterocycles. The van der Waals surface area contributed by atoms with Gasteiger partial charge in [-0.05, 0) is 20.1 Å². The van der Waals surface area contributed by atoms with E-state index in [9.17, 15) is 0 Å². The van der Waals surface area contributed by atoms with Crippen LogP contribution in [0.3, 0.4) is 0 Å². The second kappa shape index (κ2) is 31.2. The summed E-state index contributed by atoms with van der Waals surface area (Å²) in [6, 6.07) is 0. The van der Waals surface area contributed by atoms with Crippen LogP contribution in [0.25, 0.3) is 21.3 Å². The first-order valence-electron chi connectivity index (χ1n) is 6.55. The summed E-state index contributed by atoms with van der Waals surface area (Å²) in [4.78, 5) is 2.24. The van der Waals surface area contributed by atoms with Gasteiger partial charge in [-0.25, -0.2) is 0 Å². The minimum absolute atomic E-state index is 0. The van der Waals surface area contributed by atoms with E-state index in [1.165, 1.54) is 0 Å². The van der Waals surface area contributed by atoms with Crippen molar-refractivity contribution in [2.75, 3.05) is 74.5 Å². The molecule has 0 aromatic carbocycles. The third kappa shape index (κ3) is 45.6. The van der Waals surface area contributed by atoms with Gasteiger partial charge in [0.25, 0.3) is 0 Å². The number of likely N-dealkylation sites (N-methyl/N-ethyl adjacent to an activating group) is 3. The van der Waals surface area contributed by atoms with Crippen LogP contribution in [-0.2, 0) is 26.2 Å². The molecule has 0 saturated heterocycles. The third-order valence-corrected chi connectivity index (χ3v) is 2.04. The average molecular weight is 351 g/mol. The van der Waals surface area contributed by atoms with E-state index in [4.69, 9.17) is 0 Å². The Labute approximate surface area is 140 Å². The molecule has 0 heterocycles. The van der Waals surface area contributed by atoms with E-state index in [0.29, 0.717) is 0 Å². The van der Waals surface area contributed by atoms with Gasteiger partial charge < -0.3 is 26.2 Å². The van der Waals surface area contributed by atoms with Gasteiger partial charge in [0.05, 0.1) is 0 Å². The Morgan fingerprint density at radius 2 is 0.947 bits per heavy atom. The number of hydrogen-bond donors (Lipinski definition) is 0. The molecule has 0 radical (unpaired) electrons. The molecule has 0 rings (SSSR count). The number of hydrogen-bond acceptors (Lipinski definition) is 1. The maximum atomic E-state index is 4.01. The van der Waals surface area contributed by atoms with Crippen LogP contribution < -0.4 is 0 Å². The van der Waals surface area contributed by atoms with Gasteiger partial charge in [0.2, 0.25) is 0 Å². The molecule has 0 atom stereocenters. The van der Waals surface area contributed by atoms with Crippen LogP contribution >= 0.6 is 0 Å². The molecule has 6 heteroatoms. The van der Waals surface area contributed by atoms with Crippen LogP contribution in [0.5, 0.6) is 0 Å². The maximum absolute atomic E-state index is 4.01. The van der Waals surface area contributed by atoms with E-state index in [1.54, 1.807) is 14.1 Å². The fourth-order valence-electron chi connectivity index (χ4n) is 0.653. The van der Waals surface area contributed by atoms with E-state index in [2.05, 4.69) is 33.2 Å². The minimum Gasteiger partial charge on any atom is -0.665 e. The molecule has 0 aromatic rings. The Morgan fingerprint density at radius 3 is 1.11 bits per heavy atom. The smallest absolute Gasteiger partial charge is 0.665 e. The zero-order valence-electron chi connectivity index (χ0n) is 14.0. The predicted octanol–water partition coefficient (Wildman–Crippen LogP) is 2.94. The van der Waals surface area contributed by atoms with Crippen molar-refractivity contribution < 1.29 is 26.2 Å². The van der Waals surface area contributed by atoms with E-state index >= 15 is 0 Å². The first-order chi connectivity index (χ1) is 8.64. The Balaban J connectivity index is -0.000000105. The van der Waals surface area contributed by atoms with Crippen molar-refractivity contribution in [1.29, 1.82) is 0 Å². The van der Waals surface area contributed by atoms with Crippen LogP contribution in [0.2, 0.25) is 0 Å². The number of nitrogens with zero attached hydrogens (tertiary/aromatic N) is 5. The molecule has 5 nitrogen and oxygen atoms in total. The van der Waals surface area contributed by atoms with Crippen molar-refractivity contribution in [2.24, 2.45) is 0 Å². The van der Waals surface area contributed by atoms with Gasteiger partial charge in [0.1, 0.15) is 0 Å². The molecular weight excluding hydrogens is 317 g/mol. The Kier molecular flexibility index (Phi) is 45.9. The summed E-state index contributed by atoms with van der Waals surface area (Å²) in [6.07, 6.45) is 0. The molecular formula is C13H33N5Zr. The second-order valence-corrected chi connectivity index (χ2v) is 3.65. The molecule has 0 N–H and O–H groups in total. The quantitative estimate of drug-likeness (QED) is 0.664. The summed E-state index contributed by atoms with van der Waals surface area (Å²) in [6.45, 7) is 9.87. The van der Waals surface area contributed by atoms with E-state index in [1.807, 2.05) is 27.9 Å². The monoisotopic (exact) mass is 349 g/mol. The molecule has 0 unspecified atom stereocenters. The zero-order chi connectivity index (χ0) is 14.6. The van der Waals surface area contributed by atoms with E-state index in [-0.39, 0.29) is 26.2 Å². The topological polar surface area (TPSA) is 59.6 Å². The molecule has 0 saturated carbocycles. The molecule has 0 amide bonds. The maximum Gasteiger partial charge on any atom is 4.00 e. The molecule has 0 bridgehead atoms. The van der Waals surface area contributed by atoms with Gasteiger partial charge in [-0.1, -0.05) is 13.8 Å². The summed E-state index contributed by atoms with van der Waals surface area (Å²) in [5.74, 6) is 0. The van der Waals surface area contributed by atoms with Crippen molar-refractivity contribution in [2.45, 2.75) is 13.8 Å². The molecule has 0 aliphatic heterocycles. The van der Waals surface area contributed by atoms with Gasteiger partial charge in [-0.2, -0.15) is 41.3 Å². The Hall–Kier alpha value is 0.683. The Bertz CT molecular complexity index is 101. The zero-order valence-corrected chi connectivity index (χ0v) is 16.4. The number of rotatable bonds is 8. The van der Waals surface area contributed by atoms with Crippen molar-refractivity contribution in [3.63, 3.8) is 0 Å². The van der Waals surface area contributed by atoms with Crippen LogP contribution in [0.15, 0.2) is 0 Å². The summed E-state index contributed by atoms with van der Waals surface area (Å²) in [7, 11) is 9.40. The molecule has 0 fully saturated rings. The first kappa shape index (κ1) is 27.9. The second-order valence-electron chi connectivity index (χ2n) is 3.65. The SMILES string of the molecule is CC[N-]C.CC[N-]C.C[N-]CCN(C)CC[N-]C.[Zr+4]. The summed E-state index contributed by atoms with van der Waals surface area (Å²) >= 11 is 0. The fourth-order valence-corrected chi connectivity index (χ4v) is 0.653. The minimum atomic E-state index is 0. The summed E-state index contributed by atoms with van der Waals surface area (Å²) < 4.78 is 0. The van der Waals surface area contributed by atoms with E-state index < -0.39 is 0 Å². The van der Waals surface area contributed by atoms with Gasteiger partial charge in [0.15, 0.2) is 0 Å². The normalized spacial score (nSPS) is 8.84. The largest absolute Gasteiger partial charge is 4.00 e. The molecule has 0 spiro atoms. The van der Waals surface area contributed by atoms with Crippen LogP contribution in [-0.4, -0.2) is 79.4 Å². The third-order valence-electron chi connectivity index (χ3n) is 2.04. The van der Waals surface area contributed by atoms with Crippen LogP contribution in [0, 0.1) is 0 Å². The Morgan fingerprint density at radius 1 is 0.684 bits per heavy atom. The molecule has 19 heavy (non-hydrogen) atoms. The molecule has 0 aliphatic carbocycles. The fraction of sp³-hybridized carbons (Fsp3) is 1.00. The van der Waals surface area contributed by atoms with Crippen LogP contribution in [0.1, 0.15) is 13.8 Å². The van der Waals surface area contributed by atoms with Gasteiger partial charge in [-0.15, -0.1) is 13.1 Å². The van der Waals surface area contributed by atoms with E-state index in [0.717, 1.165) is 39.3 Å². The predicted molar refractivity (Wildman–Crippen MR) is 85.4 cm³/mol. The van der Waals surface area contributed by atoms with Gasteiger partial charge in [-0.3, -0.25) is 0 Å². The molecule has 0 aliphatic rings. The van der Waals surface area contributed by atoms with Gasteiger partial charge >= 0.3 is 26.2 Å². The van der Waals surface area contributed by atoms with Crippen molar-refractivity contribution >= 4 is 0 Å². The first-order valence-corrected chi connectivity index (χ1v) is 6.55. The summed E-state index contributed by atoms with van der Waals surface area (Å²) in [5, 5.41) is 15.5. The van der Waals surface area contributed by atoms with Crippen molar-refractivity contribution in [3.05, 3.63) is 21.3 Å². The summed E-state index contributed by atoms with van der Waals surface area (Å²) in [5.41, 5.74) is 0. The molecule has 114 valence electrons. The van der Waals surface area contributed by atoms with Crippen molar-refractivity contribution in [1.82, 2.24) is 4.90 Å². The van der Waals surface area contributed by atoms with Crippen LogP contribution in [0.4, 0.5) is 0 Å². The average Bonchev–Trinajstić information content (AvgIpc) is 2.43. The standard InChI is InChI=1S/C7H17N3.2C3H8N.Zr/c1-8-4-6-10(3)7-5-9-2;2*1-3-4-2;/h4-7H2,1-3H3;2*3H2,1-2H3;/q-2;2*-1;+4.